The van der Waals surface area contributed by atoms with Gasteiger partial charge < -0.3 is 9.47 Å². The van der Waals surface area contributed by atoms with Gasteiger partial charge in [0.05, 0.1) is 5.75 Å². The number of benzene rings is 2. The first-order chi connectivity index (χ1) is 13.6. The quantitative estimate of drug-likeness (QED) is 0.457. The minimum absolute atomic E-state index is 0.0700. The van der Waals surface area contributed by atoms with Crippen molar-refractivity contribution in [3.8, 4) is 5.75 Å². The predicted octanol–water partition coefficient (Wildman–Crippen LogP) is 7.51. The molecule has 0 aromatic heterocycles. The summed E-state index contributed by atoms with van der Waals surface area (Å²) in [5.74, 6) is 1.56. The Morgan fingerprint density at radius 1 is 1.17 bits per heavy atom. The lowest BCUT2D eigenvalue weighted by molar-refractivity contribution is 0.159. The molecule has 2 nitrogen and oxygen atoms in total. The summed E-state index contributed by atoms with van der Waals surface area (Å²) in [4.78, 5) is 0. The molecule has 2 aromatic rings. The lowest BCUT2D eigenvalue weighted by Gasteiger charge is -2.28. The molecule has 4 heteroatoms. The first kappa shape index (κ1) is 21.5. The molecule has 1 heterocycles. The van der Waals surface area contributed by atoms with E-state index >= 15 is 0 Å². The van der Waals surface area contributed by atoms with E-state index in [4.69, 9.17) is 9.47 Å². The molecule has 1 atom stereocenters. The lowest BCUT2D eigenvalue weighted by Crippen LogP contribution is -2.27. The van der Waals surface area contributed by atoms with E-state index in [9.17, 15) is 3.89 Å². The zero-order valence-corrected chi connectivity index (χ0v) is 18.6. The molecular formula is C25H29FO2S. The maximum absolute atomic E-state index is 13.1. The van der Waals surface area contributed by atoms with Crippen LogP contribution >= 0.6 is 12.1 Å². The number of hydrogen-bond donors (Lipinski definition) is 0. The standard InChI is InChI=1S/C25H29FO2S/c1-17(19-9-12-22-20(15-19)13-14-25(5,6)28-22)27-23(16-29-26)18-7-10-21(11-8-18)24(2,3)4/h7-15,23H,1,16H2,2-6H3. The molecule has 0 N–H and O–H groups in total. The van der Waals surface area contributed by atoms with Gasteiger partial charge in [0.15, 0.2) is 0 Å². The van der Waals surface area contributed by atoms with Gasteiger partial charge in [-0.3, -0.25) is 0 Å². The van der Waals surface area contributed by atoms with Gasteiger partial charge in [-0.25, -0.2) is 0 Å². The molecule has 29 heavy (non-hydrogen) atoms. The fourth-order valence-corrected chi connectivity index (χ4v) is 3.62. The van der Waals surface area contributed by atoms with Crippen LogP contribution in [0.3, 0.4) is 0 Å². The smallest absolute Gasteiger partial charge is 0.135 e. The van der Waals surface area contributed by atoms with Gasteiger partial charge in [-0.15, -0.1) is 0 Å². The molecule has 0 saturated carbocycles. The highest BCUT2D eigenvalue weighted by atomic mass is 32.2. The molecule has 0 radical (unpaired) electrons. The summed E-state index contributed by atoms with van der Waals surface area (Å²) < 4.78 is 25.2. The fourth-order valence-electron chi connectivity index (χ4n) is 3.25. The van der Waals surface area contributed by atoms with Gasteiger partial charge in [0.25, 0.3) is 0 Å². The molecule has 0 aliphatic carbocycles. The number of rotatable bonds is 6. The van der Waals surface area contributed by atoms with Crippen molar-refractivity contribution in [2.45, 2.75) is 51.7 Å². The number of ether oxygens (including phenoxy) is 2. The van der Waals surface area contributed by atoms with Crippen molar-refractivity contribution < 1.29 is 13.4 Å². The van der Waals surface area contributed by atoms with E-state index in [1.165, 1.54) is 5.56 Å². The highest BCUT2D eigenvalue weighted by Crippen LogP contribution is 2.35. The van der Waals surface area contributed by atoms with Gasteiger partial charge in [-0.05, 0) is 54.7 Å². The maximum Gasteiger partial charge on any atom is 0.135 e. The van der Waals surface area contributed by atoms with Gasteiger partial charge in [0.1, 0.15) is 23.2 Å². The Labute approximate surface area is 178 Å². The van der Waals surface area contributed by atoms with Crippen LogP contribution in [-0.4, -0.2) is 11.4 Å². The van der Waals surface area contributed by atoms with Crippen LogP contribution in [0.25, 0.3) is 11.8 Å². The second-order valence-electron chi connectivity index (χ2n) is 8.97. The van der Waals surface area contributed by atoms with Crippen LogP contribution in [0.2, 0.25) is 0 Å². The average molecular weight is 413 g/mol. The Kier molecular flexibility index (Phi) is 6.13. The van der Waals surface area contributed by atoms with Crippen molar-refractivity contribution in [3.63, 3.8) is 0 Å². The SMILES string of the molecule is C=C(OC(CSF)c1ccc(C(C)(C)C)cc1)c1ccc2c(c1)C=CC(C)(C)O2. The van der Waals surface area contributed by atoms with Crippen molar-refractivity contribution in [2.24, 2.45) is 0 Å². The summed E-state index contributed by atoms with van der Waals surface area (Å²) in [6.07, 6.45) is 3.67. The third-order valence-corrected chi connectivity index (χ3v) is 5.45. The third-order valence-electron chi connectivity index (χ3n) is 5.02. The Morgan fingerprint density at radius 2 is 1.86 bits per heavy atom. The predicted molar refractivity (Wildman–Crippen MR) is 122 cm³/mol. The van der Waals surface area contributed by atoms with Crippen molar-refractivity contribution in [1.82, 2.24) is 0 Å². The maximum atomic E-state index is 13.1. The molecule has 0 amide bonds. The molecule has 0 spiro atoms. The summed E-state index contributed by atoms with van der Waals surface area (Å²) in [5.41, 5.74) is 3.77. The minimum Gasteiger partial charge on any atom is -0.485 e. The second kappa shape index (κ2) is 8.27. The zero-order chi connectivity index (χ0) is 21.2. The molecule has 1 aliphatic heterocycles. The summed E-state index contributed by atoms with van der Waals surface area (Å²) in [6.45, 7) is 14.6. The van der Waals surface area contributed by atoms with Gasteiger partial charge in [0, 0.05) is 23.3 Å². The molecular weight excluding hydrogens is 383 g/mol. The van der Waals surface area contributed by atoms with Crippen LogP contribution in [0.1, 0.15) is 63.0 Å². The van der Waals surface area contributed by atoms with Gasteiger partial charge in [0.2, 0.25) is 0 Å². The Bertz CT molecular complexity index is 907. The van der Waals surface area contributed by atoms with E-state index < -0.39 is 6.10 Å². The molecule has 3 rings (SSSR count). The van der Waals surface area contributed by atoms with Crippen molar-refractivity contribution in [2.75, 3.05) is 5.75 Å². The first-order valence-electron chi connectivity index (χ1n) is 9.81. The largest absolute Gasteiger partial charge is 0.485 e. The number of fused-ring (bicyclic) bond motifs is 1. The van der Waals surface area contributed by atoms with Crippen molar-refractivity contribution in [3.05, 3.63) is 77.4 Å². The summed E-state index contributed by atoms with van der Waals surface area (Å²) >= 11 is 0.277. The molecule has 2 aromatic carbocycles. The van der Waals surface area contributed by atoms with Crippen LogP contribution in [0.4, 0.5) is 3.89 Å². The van der Waals surface area contributed by atoms with E-state index in [1.807, 2.05) is 50.3 Å². The van der Waals surface area contributed by atoms with Crippen LogP contribution in [0, 0.1) is 0 Å². The van der Waals surface area contributed by atoms with Crippen molar-refractivity contribution >= 4 is 24.0 Å². The van der Waals surface area contributed by atoms with E-state index in [-0.39, 0.29) is 28.9 Å². The highest BCUT2D eigenvalue weighted by Gasteiger charge is 2.23. The normalized spacial score (nSPS) is 15.9. The van der Waals surface area contributed by atoms with E-state index in [0.29, 0.717) is 5.76 Å². The van der Waals surface area contributed by atoms with E-state index in [2.05, 4.69) is 45.6 Å². The fraction of sp³-hybridized carbons (Fsp3) is 0.360. The summed E-state index contributed by atoms with van der Waals surface area (Å²) in [7, 11) is 0. The van der Waals surface area contributed by atoms with Crippen molar-refractivity contribution in [1.29, 1.82) is 0 Å². The Morgan fingerprint density at radius 3 is 2.48 bits per heavy atom. The second-order valence-corrected chi connectivity index (χ2v) is 9.52. The number of hydrogen-bond acceptors (Lipinski definition) is 3. The summed E-state index contributed by atoms with van der Waals surface area (Å²) in [5, 5.41) is 0. The Balaban J connectivity index is 1.78. The molecule has 0 saturated heterocycles. The summed E-state index contributed by atoms with van der Waals surface area (Å²) in [6, 6.07) is 14.0. The van der Waals surface area contributed by atoms with Gasteiger partial charge >= 0.3 is 0 Å². The number of halogens is 1. The molecule has 1 unspecified atom stereocenters. The first-order valence-corrected chi connectivity index (χ1v) is 10.7. The molecule has 0 bridgehead atoms. The minimum atomic E-state index is -0.409. The molecule has 0 fully saturated rings. The Hall–Kier alpha value is -2.20. The molecule has 154 valence electrons. The van der Waals surface area contributed by atoms with Crippen LogP contribution in [-0.2, 0) is 10.2 Å². The van der Waals surface area contributed by atoms with E-state index in [1.54, 1.807) is 0 Å². The average Bonchev–Trinajstić information content (AvgIpc) is 2.66. The zero-order valence-electron chi connectivity index (χ0n) is 17.8. The van der Waals surface area contributed by atoms with Crippen LogP contribution in [0.15, 0.2) is 55.1 Å². The monoisotopic (exact) mass is 412 g/mol. The van der Waals surface area contributed by atoms with Gasteiger partial charge in [-0.2, -0.15) is 3.89 Å². The van der Waals surface area contributed by atoms with Crippen LogP contribution in [0.5, 0.6) is 5.75 Å². The molecule has 1 aliphatic rings. The lowest BCUT2D eigenvalue weighted by atomic mass is 9.86. The van der Waals surface area contributed by atoms with Gasteiger partial charge in [-0.1, -0.05) is 57.7 Å². The third kappa shape index (κ3) is 5.24. The van der Waals surface area contributed by atoms with E-state index in [0.717, 1.165) is 22.4 Å². The highest BCUT2D eigenvalue weighted by molar-refractivity contribution is 7.94. The van der Waals surface area contributed by atoms with Crippen LogP contribution < -0.4 is 4.74 Å². The topological polar surface area (TPSA) is 18.5 Å².